The Labute approximate surface area is 188 Å². The highest BCUT2D eigenvalue weighted by molar-refractivity contribution is 5.95. The standard InChI is InChI=1S/C23H32N4O5/c1-23(2,3)32-22(31)25-12-13-26-19(14-25)15-27(21(26)30)18-6-4-17(5-7-18)24-10-8-16(9-11-24)20(28)29/h4-7,16,19H,8-15H2,1-3H3,(H,28,29)/t19-/m0/s1. The molecule has 1 atom stereocenters. The smallest absolute Gasteiger partial charge is 0.410 e. The normalized spacial score (nSPS) is 22.2. The predicted octanol–water partition coefficient (Wildman–Crippen LogP) is 2.85. The molecule has 4 rings (SSSR count). The zero-order chi connectivity index (χ0) is 23.0. The van der Waals surface area contributed by atoms with Crippen LogP contribution in [0.3, 0.4) is 0 Å². The number of urea groups is 1. The van der Waals surface area contributed by atoms with Gasteiger partial charge in [-0.25, -0.2) is 9.59 Å². The van der Waals surface area contributed by atoms with Gasteiger partial charge in [0.15, 0.2) is 0 Å². The largest absolute Gasteiger partial charge is 0.481 e. The second kappa shape index (κ2) is 8.52. The average Bonchev–Trinajstić information content (AvgIpc) is 3.08. The number of nitrogens with zero attached hydrogens (tertiary/aromatic N) is 4. The molecule has 0 aromatic heterocycles. The highest BCUT2D eigenvalue weighted by atomic mass is 16.6. The summed E-state index contributed by atoms with van der Waals surface area (Å²) in [6.45, 7) is 8.94. The van der Waals surface area contributed by atoms with E-state index in [4.69, 9.17) is 4.74 Å². The van der Waals surface area contributed by atoms with E-state index in [1.165, 1.54) is 0 Å². The number of ether oxygens (including phenoxy) is 1. The first kappa shape index (κ1) is 22.2. The van der Waals surface area contributed by atoms with Crippen LogP contribution >= 0.6 is 0 Å². The predicted molar refractivity (Wildman–Crippen MR) is 120 cm³/mol. The minimum atomic E-state index is -0.714. The van der Waals surface area contributed by atoms with Crippen LogP contribution in [0.15, 0.2) is 24.3 Å². The number of aliphatic carboxylic acids is 1. The lowest BCUT2D eigenvalue weighted by Gasteiger charge is -2.36. The number of piperazine rings is 1. The number of carbonyl (C=O) groups is 3. The van der Waals surface area contributed by atoms with Crippen molar-refractivity contribution in [2.45, 2.75) is 45.3 Å². The van der Waals surface area contributed by atoms with Crippen LogP contribution in [0.2, 0.25) is 0 Å². The Morgan fingerprint density at radius 1 is 0.969 bits per heavy atom. The van der Waals surface area contributed by atoms with Crippen LogP contribution in [0.5, 0.6) is 0 Å². The van der Waals surface area contributed by atoms with Gasteiger partial charge in [0.1, 0.15) is 5.60 Å². The Morgan fingerprint density at radius 3 is 2.19 bits per heavy atom. The van der Waals surface area contributed by atoms with E-state index in [0.717, 1.165) is 24.5 Å². The Balaban J connectivity index is 1.37. The van der Waals surface area contributed by atoms with E-state index in [1.807, 2.05) is 49.9 Å². The molecule has 0 aliphatic carbocycles. The number of fused-ring (bicyclic) bond motifs is 1. The van der Waals surface area contributed by atoms with Crippen LogP contribution < -0.4 is 9.80 Å². The Morgan fingerprint density at radius 2 is 1.59 bits per heavy atom. The summed E-state index contributed by atoms with van der Waals surface area (Å²) in [5.41, 5.74) is 1.33. The maximum Gasteiger partial charge on any atom is 0.410 e. The summed E-state index contributed by atoms with van der Waals surface area (Å²) in [6.07, 6.45) is 0.956. The van der Waals surface area contributed by atoms with Crippen molar-refractivity contribution >= 4 is 29.5 Å². The molecule has 1 aromatic rings. The van der Waals surface area contributed by atoms with E-state index in [9.17, 15) is 19.5 Å². The third-order valence-corrected chi connectivity index (χ3v) is 6.38. The third-order valence-electron chi connectivity index (χ3n) is 6.38. The first-order chi connectivity index (χ1) is 15.1. The minimum absolute atomic E-state index is 0.0335. The third kappa shape index (κ3) is 4.61. The molecule has 32 heavy (non-hydrogen) atoms. The lowest BCUT2D eigenvalue weighted by molar-refractivity contribution is -0.142. The number of hydrogen-bond donors (Lipinski definition) is 1. The number of carboxylic acid groups (broad SMARTS) is 1. The second-order valence-corrected chi connectivity index (χ2v) is 9.78. The van der Waals surface area contributed by atoms with E-state index >= 15 is 0 Å². The van der Waals surface area contributed by atoms with Crippen LogP contribution in [0.1, 0.15) is 33.6 Å². The Kier molecular flexibility index (Phi) is 5.92. The fourth-order valence-electron chi connectivity index (χ4n) is 4.64. The highest BCUT2D eigenvalue weighted by Crippen LogP contribution is 2.30. The molecule has 3 aliphatic rings. The van der Waals surface area contributed by atoms with Crippen LogP contribution in [0.4, 0.5) is 21.0 Å². The van der Waals surface area contributed by atoms with Crippen LogP contribution in [-0.2, 0) is 9.53 Å². The van der Waals surface area contributed by atoms with Gasteiger partial charge < -0.3 is 24.5 Å². The van der Waals surface area contributed by atoms with Crippen molar-refractivity contribution in [2.75, 3.05) is 49.1 Å². The molecule has 0 saturated carbocycles. The maximum atomic E-state index is 13.0. The molecule has 0 unspecified atom stereocenters. The highest BCUT2D eigenvalue weighted by Gasteiger charge is 2.43. The van der Waals surface area contributed by atoms with Gasteiger partial charge in [-0.2, -0.15) is 0 Å². The minimum Gasteiger partial charge on any atom is -0.481 e. The van der Waals surface area contributed by atoms with Gasteiger partial charge >= 0.3 is 18.1 Å². The summed E-state index contributed by atoms with van der Waals surface area (Å²) in [5, 5.41) is 9.17. The summed E-state index contributed by atoms with van der Waals surface area (Å²) in [7, 11) is 0. The Bertz CT molecular complexity index is 873. The van der Waals surface area contributed by atoms with Crippen LogP contribution in [0.25, 0.3) is 0 Å². The maximum absolute atomic E-state index is 13.0. The molecule has 3 aliphatic heterocycles. The van der Waals surface area contributed by atoms with E-state index < -0.39 is 11.6 Å². The van der Waals surface area contributed by atoms with E-state index in [0.29, 0.717) is 39.0 Å². The van der Waals surface area contributed by atoms with E-state index in [2.05, 4.69) is 4.90 Å². The molecule has 3 fully saturated rings. The molecule has 0 bridgehead atoms. The topological polar surface area (TPSA) is 93.6 Å². The van der Waals surface area contributed by atoms with Crippen molar-refractivity contribution in [3.8, 4) is 0 Å². The van der Waals surface area contributed by atoms with Crippen LogP contribution in [0, 0.1) is 5.92 Å². The fourth-order valence-corrected chi connectivity index (χ4v) is 4.64. The summed E-state index contributed by atoms with van der Waals surface area (Å²) >= 11 is 0. The van der Waals surface area contributed by atoms with E-state index in [-0.39, 0.29) is 24.1 Å². The van der Waals surface area contributed by atoms with Crippen molar-refractivity contribution in [3.63, 3.8) is 0 Å². The number of hydrogen-bond acceptors (Lipinski definition) is 5. The van der Waals surface area contributed by atoms with Gasteiger partial charge in [-0.1, -0.05) is 0 Å². The zero-order valence-electron chi connectivity index (χ0n) is 19.0. The molecule has 3 amide bonds. The number of rotatable bonds is 3. The monoisotopic (exact) mass is 444 g/mol. The van der Waals surface area contributed by atoms with Gasteiger partial charge in [0.2, 0.25) is 0 Å². The summed E-state index contributed by atoms with van der Waals surface area (Å²) < 4.78 is 5.49. The second-order valence-electron chi connectivity index (χ2n) is 9.78. The quantitative estimate of drug-likeness (QED) is 0.771. The Hall–Kier alpha value is -2.97. The molecule has 0 spiro atoms. The molecule has 3 saturated heterocycles. The van der Waals surface area contributed by atoms with Gasteiger partial charge in [-0.05, 0) is 57.9 Å². The molecule has 1 aromatic carbocycles. The fraction of sp³-hybridized carbons (Fsp3) is 0.609. The molecule has 9 heteroatoms. The summed E-state index contributed by atoms with van der Waals surface area (Å²) in [6, 6.07) is 7.79. The summed E-state index contributed by atoms with van der Waals surface area (Å²) in [5.74, 6) is -0.973. The molecule has 0 radical (unpaired) electrons. The number of carbonyl (C=O) groups excluding carboxylic acids is 2. The number of anilines is 2. The first-order valence-electron chi connectivity index (χ1n) is 11.3. The zero-order valence-corrected chi connectivity index (χ0v) is 19.0. The summed E-state index contributed by atoms with van der Waals surface area (Å²) in [4.78, 5) is 44.1. The van der Waals surface area contributed by atoms with Gasteiger partial charge in [-0.15, -0.1) is 0 Å². The van der Waals surface area contributed by atoms with Gasteiger partial charge in [0, 0.05) is 50.6 Å². The molecular weight excluding hydrogens is 412 g/mol. The lowest BCUT2D eigenvalue weighted by Crippen LogP contribution is -2.54. The van der Waals surface area contributed by atoms with E-state index in [1.54, 1.807) is 9.80 Å². The van der Waals surface area contributed by atoms with Gasteiger partial charge in [-0.3, -0.25) is 9.69 Å². The molecule has 9 nitrogen and oxygen atoms in total. The molecule has 1 N–H and O–H groups in total. The van der Waals surface area contributed by atoms with Crippen molar-refractivity contribution in [1.29, 1.82) is 0 Å². The number of benzene rings is 1. The average molecular weight is 445 g/mol. The first-order valence-corrected chi connectivity index (χ1v) is 11.3. The van der Waals surface area contributed by atoms with Gasteiger partial charge in [0.05, 0.1) is 12.0 Å². The number of piperidine rings is 1. The van der Waals surface area contributed by atoms with Crippen molar-refractivity contribution in [3.05, 3.63) is 24.3 Å². The molecule has 174 valence electrons. The van der Waals surface area contributed by atoms with Crippen molar-refractivity contribution in [2.24, 2.45) is 5.92 Å². The lowest BCUT2D eigenvalue weighted by atomic mass is 9.97. The van der Waals surface area contributed by atoms with Crippen LogP contribution in [-0.4, -0.2) is 83.9 Å². The van der Waals surface area contributed by atoms with Crippen molar-refractivity contribution in [1.82, 2.24) is 9.80 Å². The number of carboxylic acids is 1. The molecule has 3 heterocycles. The van der Waals surface area contributed by atoms with Crippen molar-refractivity contribution < 1.29 is 24.2 Å². The van der Waals surface area contributed by atoms with Gasteiger partial charge in [0.25, 0.3) is 0 Å². The molecular formula is C23H32N4O5. The number of amides is 3. The SMILES string of the molecule is CC(C)(C)OC(=O)N1CCN2C(=O)N(c3ccc(N4CCC(C(=O)O)CC4)cc3)C[C@@H]2C1.